The Morgan fingerprint density at radius 3 is 1.95 bits per heavy atom. The predicted octanol–water partition coefficient (Wildman–Crippen LogP) is 2.96. The Hall–Kier alpha value is -1.94. The van der Waals surface area contributed by atoms with Gasteiger partial charge >= 0.3 is 10.4 Å². The summed E-state index contributed by atoms with van der Waals surface area (Å²) in [6.07, 6.45) is 0. The minimum atomic E-state index is -4.67. The molecule has 2 N–H and O–H groups in total. The number of rotatable bonds is 3. The quantitative estimate of drug-likeness (QED) is 0.341. The van der Waals surface area contributed by atoms with E-state index in [9.17, 15) is 10.1 Å². The van der Waals surface area contributed by atoms with Gasteiger partial charge in [0.1, 0.15) is 0 Å². The van der Waals surface area contributed by atoms with E-state index in [0.29, 0.717) is 5.56 Å². The summed E-state index contributed by atoms with van der Waals surface area (Å²) in [6.45, 7) is 0. The second kappa shape index (κ2) is 7.90. The number of benzene rings is 2. The molecule has 0 aliphatic carbocycles. The van der Waals surface area contributed by atoms with Crippen LogP contribution in [0.15, 0.2) is 54.6 Å². The van der Waals surface area contributed by atoms with Crippen molar-refractivity contribution in [3.63, 3.8) is 0 Å². The second-order valence-corrected chi connectivity index (χ2v) is 5.49. The average molecular weight is 343 g/mol. The molecule has 1 unspecified atom stereocenters. The third-order valence-electron chi connectivity index (χ3n) is 2.54. The van der Waals surface area contributed by atoms with Crippen molar-refractivity contribution in [2.45, 2.75) is 5.25 Å². The largest absolute Gasteiger partial charge is 0.394 e. The van der Waals surface area contributed by atoms with Crippen molar-refractivity contribution >= 4 is 28.7 Å². The first kappa shape index (κ1) is 18.1. The van der Waals surface area contributed by atoms with Gasteiger partial charge in [-0.05, 0) is 5.56 Å². The minimum Gasteiger partial charge on any atom is -0.264 e. The van der Waals surface area contributed by atoms with Gasteiger partial charge < -0.3 is 0 Å². The van der Waals surface area contributed by atoms with Gasteiger partial charge in [0.25, 0.3) is 5.69 Å². The lowest BCUT2D eigenvalue weighted by Crippen LogP contribution is -1.99. The maximum atomic E-state index is 10.9. The van der Waals surface area contributed by atoms with Gasteiger partial charge in [0.05, 0.1) is 10.2 Å². The van der Waals surface area contributed by atoms with Gasteiger partial charge in [0, 0.05) is 11.6 Å². The molecule has 2 aromatic rings. The molecule has 9 heteroatoms. The van der Waals surface area contributed by atoms with E-state index < -0.39 is 10.4 Å². The zero-order valence-corrected chi connectivity index (χ0v) is 12.8. The molecular weight excluding hydrogens is 330 g/mol. The van der Waals surface area contributed by atoms with Crippen LogP contribution in [0.1, 0.15) is 16.4 Å². The lowest BCUT2D eigenvalue weighted by molar-refractivity contribution is -0.385. The van der Waals surface area contributed by atoms with E-state index in [-0.39, 0.29) is 15.9 Å². The molecule has 0 saturated heterocycles. The number of nitro groups is 1. The summed E-state index contributed by atoms with van der Waals surface area (Å²) in [4.78, 5) is 10.6. The van der Waals surface area contributed by atoms with Crippen LogP contribution in [0.5, 0.6) is 0 Å². The summed E-state index contributed by atoms with van der Waals surface area (Å²) in [5.74, 6) is 0. The van der Waals surface area contributed by atoms with E-state index in [1.807, 2.05) is 30.3 Å². The van der Waals surface area contributed by atoms with Gasteiger partial charge in [-0.15, -0.1) is 0 Å². The molecule has 0 heterocycles. The van der Waals surface area contributed by atoms with Gasteiger partial charge in [-0.25, -0.2) is 0 Å². The van der Waals surface area contributed by atoms with Crippen molar-refractivity contribution in [2.75, 3.05) is 0 Å². The van der Waals surface area contributed by atoms with E-state index in [0.717, 1.165) is 5.56 Å². The molecule has 1 atom stereocenters. The molecule has 0 aromatic heterocycles. The van der Waals surface area contributed by atoms with Crippen molar-refractivity contribution in [1.82, 2.24) is 0 Å². The van der Waals surface area contributed by atoms with Crippen LogP contribution in [0.25, 0.3) is 0 Å². The highest BCUT2D eigenvalue weighted by Crippen LogP contribution is 2.33. The highest BCUT2D eigenvalue weighted by molar-refractivity contribution is 7.80. The molecule has 22 heavy (non-hydrogen) atoms. The molecule has 0 spiro atoms. The van der Waals surface area contributed by atoms with Crippen LogP contribution in [0.3, 0.4) is 0 Å². The maximum absolute atomic E-state index is 10.9. The van der Waals surface area contributed by atoms with Gasteiger partial charge in [0.2, 0.25) is 0 Å². The monoisotopic (exact) mass is 343 g/mol. The van der Waals surface area contributed by atoms with Crippen molar-refractivity contribution < 1.29 is 22.4 Å². The zero-order chi connectivity index (χ0) is 16.8. The Balaban J connectivity index is 0.000000422. The molecule has 0 aliphatic rings. The van der Waals surface area contributed by atoms with Gasteiger partial charge in [-0.2, -0.15) is 21.0 Å². The van der Waals surface area contributed by atoms with Crippen molar-refractivity contribution in [3.8, 4) is 0 Å². The van der Waals surface area contributed by atoms with Crippen LogP contribution in [-0.2, 0) is 10.4 Å². The molecule has 0 aliphatic heterocycles. The fourth-order valence-corrected chi connectivity index (χ4v) is 2.09. The molecule has 7 nitrogen and oxygen atoms in total. The topological polar surface area (TPSA) is 118 Å². The van der Waals surface area contributed by atoms with Gasteiger partial charge in [0.15, 0.2) is 0 Å². The molecular formula is C13H13NO6S2. The Kier molecular flexibility index (Phi) is 6.50. The lowest BCUT2D eigenvalue weighted by Gasteiger charge is -2.11. The van der Waals surface area contributed by atoms with Crippen molar-refractivity contribution in [3.05, 3.63) is 75.8 Å². The van der Waals surface area contributed by atoms with E-state index in [1.165, 1.54) is 6.07 Å². The Bertz CT molecular complexity index is 725. The number of hydrogen-bond acceptors (Lipinski definition) is 5. The predicted molar refractivity (Wildman–Crippen MR) is 84.5 cm³/mol. The fraction of sp³-hybridized carbons (Fsp3) is 0.0769. The maximum Gasteiger partial charge on any atom is 0.394 e. The van der Waals surface area contributed by atoms with Crippen LogP contribution in [0.2, 0.25) is 0 Å². The molecule has 0 fully saturated rings. The molecule has 0 bridgehead atoms. The molecule has 0 radical (unpaired) electrons. The summed E-state index contributed by atoms with van der Waals surface area (Å²) in [5.41, 5.74) is 1.67. The lowest BCUT2D eigenvalue weighted by atomic mass is 10.0. The smallest absolute Gasteiger partial charge is 0.264 e. The van der Waals surface area contributed by atoms with Crippen LogP contribution in [-0.4, -0.2) is 22.4 Å². The van der Waals surface area contributed by atoms with Crippen molar-refractivity contribution in [2.24, 2.45) is 0 Å². The first-order valence-electron chi connectivity index (χ1n) is 5.86. The van der Waals surface area contributed by atoms with E-state index >= 15 is 0 Å². The van der Waals surface area contributed by atoms with Crippen LogP contribution in [0, 0.1) is 10.1 Å². The average Bonchev–Trinajstić information content (AvgIpc) is 2.45. The van der Waals surface area contributed by atoms with Crippen LogP contribution < -0.4 is 0 Å². The summed E-state index contributed by atoms with van der Waals surface area (Å²) < 4.78 is 31.6. The Morgan fingerprint density at radius 2 is 1.45 bits per heavy atom. The number of nitrogens with zero attached hydrogens (tertiary/aromatic N) is 1. The Morgan fingerprint density at radius 1 is 1.00 bits per heavy atom. The second-order valence-electron chi connectivity index (χ2n) is 4.08. The Labute approximate surface area is 132 Å². The first-order valence-corrected chi connectivity index (χ1v) is 7.77. The van der Waals surface area contributed by atoms with E-state index in [1.54, 1.807) is 18.2 Å². The standard InChI is InChI=1S/C13H11NO2S.H2O4S/c15-14(16)12-9-5-4-8-11(12)13(17)10-6-2-1-3-7-10;1-5(2,3)4/h1-9,13,17H;(H2,1,2,3,4). The zero-order valence-electron chi connectivity index (χ0n) is 11.1. The first-order chi connectivity index (χ1) is 10.2. The number of nitro benzene ring substituents is 1. The summed E-state index contributed by atoms with van der Waals surface area (Å²) in [7, 11) is -4.67. The van der Waals surface area contributed by atoms with E-state index in [4.69, 9.17) is 17.5 Å². The minimum absolute atomic E-state index is 0.108. The SMILES string of the molecule is O=S(=O)(O)O.O=[N+]([O-])c1ccccc1C(S)c1ccccc1. The van der Waals surface area contributed by atoms with E-state index in [2.05, 4.69) is 12.6 Å². The molecule has 118 valence electrons. The molecule has 2 aromatic carbocycles. The third-order valence-corrected chi connectivity index (χ3v) is 3.12. The number of para-hydroxylation sites is 1. The third kappa shape index (κ3) is 6.22. The van der Waals surface area contributed by atoms with Gasteiger partial charge in [-0.1, -0.05) is 48.5 Å². The highest BCUT2D eigenvalue weighted by atomic mass is 32.3. The van der Waals surface area contributed by atoms with Gasteiger partial charge in [-0.3, -0.25) is 19.2 Å². The summed E-state index contributed by atoms with van der Waals surface area (Å²) >= 11 is 4.47. The normalized spacial score (nSPS) is 12.0. The molecule has 0 amide bonds. The van der Waals surface area contributed by atoms with Crippen molar-refractivity contribution in [1.29, 1.82) is 0 Å². The summed E-state index contributed by atoms with van der Waals surface area (Å²) in [5, 5.41) is 10.6. The fourth-order valence-electron chi connectivity index (χ4n) is 1.70. The number of hydrogen-bond donors (Lipinski definition) is 3. The highest BCUT2D eigenvalue weighted by Gasteiger charge is 2.19. The molecule has 2 rings (SSSR count). The summed E-state index contributed by atoms with van der Waals surface area (Å²) in [6, 6.07) is 16.2. The van der Waals surface area contributed by atoms with Crippen LogP contribution in [0.4, 0.5) is 5.69 Å². The van der Waals surface area contributed by atoms with Crippen LogP contribution >= 0.6 is 12.6 Å². The molecule has 0 saturated carbocycles. The number of thiol groups is 1.